The molecule has 1 unspecified atom stereocenters. The molecule has 1 aromatic rings. The minimum atomic E-state index is -0.948. The molecular weight excluding hydrogens is 364 g/mol. The number of carbonyl (C=O) groups is 4. The molecule has 2 saturated heterocycles. The summed E-state index contributed by atoms with van der Waals surface area (Å²) in [7, 11) is 1.65. The summed E-state index contributed by atoms with van der Waals surface area (Å²) in [5.41, 5.74) is 6.92. The number of imide groups is 2. The summed E-state index contributed by atoms with van der Waals surface area (Å²) >= 11 is 0. The molecule has 4 amide bonds. The van der Waals surface area contributed by atoms with Gasteiger partial charge in [0.2, 0.25) is 11.8 Å². The highest BCUT2D eigenvalue weighted by atomic mass is 16.5. The van der Waals surface area contributed by atoms with Crippen LogP contribution in [0.5, 0.6) is 0 Å². The second-order valence-electron chi connectivity index (χ2n) is 7.56. The van der Waals surface area contributed by atoms with Crippen molar-refractivity contribution in [2.45, 2.75) is 31.0 Å². The van der Waals surface area contributed by atoms with Gasteiger partial charge in [-0.05, 0) is 24.1 Å². The summed E-state index contributed by atoms with van der Waals surface area (Å²) in [6, 6.07) is 4.20. The Morgan fingerprint density at radius 3 is 2.54 bits per heavy atom. The fourth-order valence-electron chi connectivity index (χ4n) is 4.10. The lowest BCUT2D eigenvalue weighted by Crippen LogP contribution is -2.65. The number of ether oxygens (including phenoxy) is 1. The lowest BCUT2D eigenvalue weighted by molar-refractivity contribution is -0.136. The van der Waals surface area contributed by atoms with Crippen LogP contribution in [-0.4, -0.2) is 71.8 Å². The van der Waals surface area contributed by atoms with Crippen LogP contribution in [0.25, 0.3) is 0 Å². The second kappa shape index (κ2) is 6.77. The molecule has 0 spiro atoms. The first-order chi connectivity index (χ1) is 13.4. The van der Waals surface area contributed by atoms with Crippen molar-refractivity contribution >= 4 is 23.6 Å². The number of amides is 4. The van der Waals surface area contributed by atoms with Crippen LogP contribution in [-0.2, 0) is 20.9 Å². The van der Waals surface area contributed by atoms with Crippen molar-refractivity contribution in [2.24, 2.45) is 5.73 Å². The third kappa shape index (κ3) is 2.92. The van der Waals surface area contributed by atoms with Crippen molar-refractivity contribution in [1.29, 1.82) is 0 Å². The maximum atomic E-state index is 12.8. The molecule has 3 heterocycles. The molecule has 3 aliphatic rings. The molecule has 148 valence electrons. The highest BCUT2D eigenvalue weighted by molar-refractivity contribution is 6.23. The number of fused-ring (bicyclic) bond motifs is 1. The zero-order chi connectivity index (χ0) is 20.1. The van der Waals surface area contributed by atoms with E-state index in [1.807, 2.05) is 6.07 Å². The van der Waals surface area contributed by atoms with Gasteiger partial charge in [-0.1, -0.05) is 6.07 Å². The molecule has 0 bridgehead atoms. The molecule has 0 aromatic heterocycles. The van der Waals surface area contributed by atoms with Crippen LogP contribution in [0.2, 0.25) is 0 Å². The molecule has 3 aliphatic heterocycles. The van der Waals surface area contributed by atoms with Crippen LogP contribution in [0.15, 0.2) is 18.2 Å². The van der Waals surface area contributed by atoms with E-state index >= 15 is 0 Å². The van der Waals surface area contributed by atoms with E-state index in [0.717, 1.165) is 10.5 Å². The van der Waals surface area contributed by atoms with Crippen molar-refractivity contribution in [3.05, 3.63) is 34.9 Å². The number of rotatable bonds is 5. The Kier molecular flexibility index (Phi) is 4.53. The SMILES string of the molecule is COC1(CN)CN(Cc2ccc3c(c2)C(=O)N(C2CCC(=O)NC2=O)C3=O)C1. The van der Waals surface area contributed by atoms with Gasteiger partial charge in [-0.3, -0.25) is 34.3 Å². The number of hydrogen-bond acceptors (Lipinski definition) is 7. The summed E-state index contributed by atoms with van der Waals surface area (Å²) in [5.74, 6) is -1.98. The first-order valence-corrected chi connectivity index (χ1v) is 9.19. The van der Waals surface area contributed by atoms with Gasteiger partial charge in [0.25, 0.3) is 11.8 Å². The van der Waals surface area contributed by atoms with Gasteiger partial charge in [0.05, 0.1) is 11.1 Å². The summed E-state index contributed by atoms with van der Waals surface area (Å²) in [6.45, 7) is 2.45. The third-order valence-corrected chi connectivity index (χ3v) is 5.74. The van der Waals surface area contributed by atoms with Gasteiger partial charge in [0.1, 0.15) is 11.6 Å². The van der Waals surface area contributed by atoms with Gasteiger partial charge < -0.3 is 10.5 Å². The maximum Gasteiger partial charge on any atom is 0.262 e. The average Bonchev–Trinajstić information content (AvgIpc) is 2.89. The van der Waals surface area contributed by atoms with Crippen LogP contribution in [0.1, 0.15) is 39.1 Å². The summed E-state index contributed by atoms with van der Waals surface area (Å²) < 4.78 is 5.46. The summed E-state index contributed by atoms with van der Waals surface area (Å²) in [4.78, 5) is 52.1. The first-order valence-electron chi connectivity index (χ1n) is 9.19. The predicted octanol–water partition coefficient (Wildman–Crippen LogP) is -0.753. The zero-order valence-electron chi connectivity index (χ0n) is 15.6. The summed E-state index contributed by atoms with van der Waals surface area (Å²) in [5, 5.41) is 2.19. The average molecular weight is 386 g/mol. The Hall–Kier alpha value is -2.62. The van der Waals surface area contributed by atoms with Gasteiger partial charge in [0.15, 0.2) is 0 Å². The van der Waals surface area contributed by atoms with Crippen LogP contribution in [0, 0.1) is 0 Å². The Morgan fingerprint density at radius 1 is 1.18 bits per heavy atom. The first kappa shape index (κ1) is 18.7. The number of carbonyl (C=O) groups excluding carboxylic acids is 4. The van der Waals surface area contributed by atoms with Gasteiger partial charge in [-0.2, -0.15) is 0 Å². The lowest BCUT2D eigenvalue weighted by atomic mass is 9.93. The number of nitrogens with one attached hydrogen (secondary N) is 1. The van der Waals surface area contributed by atoms with Crippen molar-refractivity contribution in [1.82, 2.24) is 15.1 Å². The number of nitrogens with two attached hydrogens (primary N) is 1. The molecule has 0 aliphatic carbocycles. The normalized spacial score (nSPS) is 24.2. The third-order valence-electron chi connectivity index (χ3n) is 5.74. The van der Waals surface area contributed by atoms with Crippen molar-refractivity contribution in [2.75, 3.05) is 26.7 Å². The van der Waals surface area contributed by atoms with Gasteiger partial charge in [0, 0.05) is 39.7 Å². The Bertz CT molecular complexity index is 871. The van der Waals surface area contributed by atoms with Gasteiger partial charge in [-0.25, -0.2) is 0 Å². The van der Waals surface area contributed by atoms with E-state index in [1.165, 1.54) is 0 Å². The number of nitrogens with zero attached hydrogens (tertiary/aromatic N) is 2. The van der Waals surface area contributed by atoms with E-state index in [2.05, 4.69) is 10.2 Å². The maximum absolute atomic E-state index is 12.8. The van der Waals surface area contributed by atoms with E-state index in [4.69, 9.17) is 10.5 Å². The molecule has 4 rings (SSSR count). The zero-order valence-corrected chi connectivity index (χ0v) is 15.6. The molecule has 3 N–H and O–H groups in total. The largest absolute Gasteiger partial charge is 0.374 e. The lowest BCUT2D eigenvalue weighted by Gasteiger charge is -2.48. The van der Waals surface area contributed by atoms with E-state index in [-0.39, 0.29) is 29.9 Å². The number of methoxy groups -OCH3 is 1. The molecule has 1 atom stereocenters. The minimum absolute atomic E-state index is 0.104. The standard InChI is InChI=1S/C19H22N4O5/c1-28-19(8-20)9-22(10-19)7-11-2-3-12-13(6-11)18(27)23(17(12)26)14-4-5-15(24)21-16(14)25/h2-3,6,14H,4-5,7-10,20H2,1H3,(H,21,24,25). The molecule has 0 radical (unpaired) electrons. The second-order valence-corrected chi connectivity index (χ2v) is 7.56. The van der Waals surface area contributed by atoms with E-state index in [0.29, 0.717) is 31.7 Å². The highest BCUT2D eigenvalue weighted by Gasteiger charge is 2.45. The number of hydrogen-bond donors (Lipinski definition) is 2. The molecule has 9 nitrogen and oxygen atoms in total. The van der Waals surface area contributed by atoms with Crippen molar-refractivity contribution < 1.29 is 23.9 Å². The number of likely N-dealkylation sites (tertiary alicyclic amines) is 1. The highest BCUT2D eigenvalue weighted by Crippen LogP contribution is 2.30. The van der Waals surface area contributed by atoms with Crippen molar-refractivity contribution in [3.63, 3.8) is 0 Å². The Labute approximate surface area is 161 Å². The van der Waals surface area contributed by atoms with E-state index in [9.17, 15) is 19.2 Å². The molecule has 2 fully saturated rings. The summed E-state index contributed by atoms with van der Waals surface area (Å²) in [6.07, 6.45) is 0.251. The molecule has 0 saturated carbocycles. The van der Waals surface area contributed by atoms with E-state index in [1.54, 1.807) is 19.2 Å². The quantitative estimate of drug-likeness (QED) is 0.638. The van der Waals surface area contributed by atoms with Crippen LogP contribution in [0.3, 0.4) is 0 Å². The number of piperidine rings is 1. The minimum Gasteiger partial charge on any atom is -0.374 e. The molecule has 9 heteroatoms. The van der Waals surface area contributed by atoms with Crippen LogP contribution in [0.4, 0.5) is 0 Å². The van der Waals surface area contributed by atoms with E-state index < -0.39 is 23.8 Å². The van der Waals surface area contributed by atoms with Gasteiger partial charge in [-0.15, -0.1) is 0 Å². The Morgan fingerprint density at radius 2 is 1.89 bits per heavy atom. The Balaban J connectivity index is 1.50. The fourth-order valence-corrected chi connectivity index (χ4v) is 4.10. The molecule has 1 aromatic carbocycles. The molecule has 28 heavy (non-hydrogen) atoms. The smallest absolute Gasteiger partial charge is 0.262 e. The fraction of sp³-hybridized carbons (Fsp3) is 0.474. The number of benzene rings is 1. The topological polar surface area (TPSA) is 122 Å². The van der Waals surface area contributed by atoms with Gasteiger partial charge >= 0.3 is 0 Å². The van der Waals surface area contributed by atoms with Crippen molar-refractivity contribution in [3.8, 4) is 0 Å². The molecular formula is C19H22N4O5. The predicted molar refractivity (Wildman–Crippen MR) is 97.2 cm³/mol. The monoisotopic (exact) mass is 386 g/mol. The van der Waals surface area contributed by atoms with Crippen LogP contribution < -0.4 is 11.1 Å². The van der Waals surface area contributed by atoms with Crippen LogP contribution >= 0.6 is 0 Å².